The number of piperidine rings is 4. The molecule has 12 aromatic rings. The molecular weight excluding hydrogens is 1990 g/mol. The van der Waals surface area contributed by atoms with Crippen LogP contribution in [0.25, 0.3) is 44.5 Å². The zero-order chi connectivity index (χ0) is 101. The first-order valence-corrected chi connectivity index (χ1v) is 53.7. The van der Waals surface area contributed by atoms with Gasteiger partial charge in [0, 0.05) is 157 Å². The van der Waals surface area contributed by atoms with Gasteiger partial charge in [-0.25, -0.2) is 53.6 Å². The van der Waals surface area contributed by atoms with Crippen LogP contribution in [0.1, 0.15) is 193 Å². The Balaban J connectivity index is 0.000000126. The Morgan fingerprint density at radius 1 is 0.403 bits per heavy atom. The fraction of sp³-hybridized carbons (Fsp3) is 0.538. The summed E-state index contributed by atoms with van der Waals surface area (Å²) in [5.74, 6) is 6.23. The highest BCUT2D eigenvalue weighted by molar-refractivity contribution is 6.37. The summed E-state index contributed by atoms with van der Waals surface area (Å²) in [7, 11) is 0. The lowest BCUT2D eigenvalue weighted by atomic mass is 9.76. The third-order valence-electron chi connectivity index (χ3n) is 31.4. The van der Waals surface area contributed by atoms with Crippen molar-refractivity contribution in [2.75, 3.05) is 151 Å². The first kappa shape index (κ1) is 104. The van der Waals surface area contributed by atoms with Crippen LogP contribution >= 0.6 is 92.8 Å². The number of fused-ring (bicyclic) bond motifs is 4. The SMILES string of the molecule is CC(c1ccc(Cl)cc1Cl)n1nc(C#N)c2ncc(N3CC(C4CCCN(CCCC(=O)O)C4)C3)nc21.Cc1nn(C(C)c2ccc(Cl)cc2Cl)c2nc(N3CC(C4CCCN(C5CC(C(=O)O)C5)C4)C3)cnc12.Cc1nn(C(C)c2ccc(Cl)cc2Cl)c2nc(N3CC(C4CCCN(CCCC(=O)O)C4)C3)ncc12.Cc1nn(C(C)c2ccc(Cl)cc2Cl)c2nc(N3CC(C4CCCN(CCCO)C4)C3)cnc12. The summed E-state index contributed by atoms with van der Waals surface area (Å²) in [6.07, 6.45) is 21.5. The van der Waals surface area contributed by atoms with Crippen molar-refractivity contribution in [1.29, 1.82) is 5.26 Å². The fourth-order valence-corrected chi connectivity index (χ4v) is 25.0. The molecule has 8 aromatic heterocycles. The summed E-state index contributed by atoms with van der Waals surface area (Å²) in [6.45, 7) is 33.5. The second-order valence-corrected chi connectivity index (χ2v) is 44.2. The van der Waals surface area contributed by atoms with Gasteiger partial charge in [0.05, 0.1) is 71.1 Å². The molecule has 32 nitrogen and oxygen atoms in total. The van der Waals surface area contributed by atoms with Crippen molar-refractivity contribution in [3.63, 3.8) is 0 Å². The van der Waals surface area contributed by atoms with E-state index in [9.17, 15) is 24.8 Å². The number of benzene rings is 4. The van der Waals surface area contributed by atoms with E-state index in [1.165, 1.54) is 44.9 Å². The van der Waals surface area contributed by atoms with Gasteiger partial charge < -0.3 is 59.6 Å². The molecule has 1 saturated carbocycles. The predicted octanol–water partition coefficient (Wildman–Crippen LogP) is 19.3. The number of carboxylic acids is 3. The number of carbonyl (C=O) groups is 3. The summed E-state index contributed by atoms with van der Waals surface area (Å²) in [6, 6.07) is 24.0. The first-order valence-electron chi connectivity index (χ1n) is 50.6. The molecule has 16 heterocycles. The number of likely N-dealkylation sites (tertiary alicyclic amines) is 4. The van der Waals surface area contributed by atoms with E-state index in [2.05, 4.69) is 81.1 Å². The van der Waals surface area contributed by atoms with E-state index in [-0.39, 0.29) is 55.2 Å². The number of aromatic nitrogens is 16. The highest BCUT2D eigenvalue weighted by Gasteiger charge is 2.45. The van der Waals surface area contributed by atoms with Gasteiger partial charge in [-0.2, -0.15) is 30.6 Å². The molecule has 1 aliphatic carbocycles. The van der Waals surface area contributed by atoms with E-state index in [4.69, 9.17) is 153 Å². The zero-order valence-electron chi connectivity index (χ0n) is 82.3. The monoisotopic (exact) mass is 2120 g/mol. The van der Waals surface area contributed by atoms with Gasteiger partial charge in [-0.1, -0.05) is 117 Å². The normalized spacial score (nSPS) is 21.5. The second kappa shape index (κ2) is 46.0. The smallest absolute Gasteiger partial charge is 0.306 e. The minimum atomic E-state index is -0.727. The molecule has 4 aromatic carbocycles. The van der Waals surface area contributed by atoms with Crippen molar-refractivity contribution in [2.24, 2.45) is 53.3 Å². The Morgan fingerprint density at radius 3 is 1.12 bits per heavy atom. The van der Waals surface area contributed by atoms with Crippen LogP contribution in [-0.4, -0.2) is 274 Å². The van der Waals surface area contributed by atoms with E-state index < -0.39 is 17.9 Å². The van der Waals surface area contributed by atoms with Crippen LogP contribution in [0.15, 0.2) is 97.6 Å². The highest BCUT2D eigenvalue weighted by atomic mass is 35.5. The third-order valence-corrected chi connectivity index (χ3v) is 33.6. The Kier molecular flexibility index (Phi) is 33.3. The molecule has 0 bridgehead atoms. The Hall–Kier alpha value is -9.70. The number of halogens is 8. The largest absolute Gasteiger partial charge is 0.481 e. The van der Waals surface area contributed by atoms with Crippen molar-refractivity contribution in [1.82, 2.24) is 98.6 Å². The molecule has 0 spiro atoms. The van der Waals surface area contributed by atoms with E-state index in [0.29, 0.717) is 105 Å². The predicted molar refractivity (Wildman–Crippen MR) is 566 cm³/mol. The van der Waals surface area contributed by atoms with E-state index >= 15 is 0 Å². The molecular formula is C104H125Cl8N25O7. The van der Waals surface area contributed by atoms with Gasteiger partial charge >= 0.3 is 17.9 Å². The summed E-state index contributed by atoms with van der Waals surface area (Å²) >= 11 is 50.3. The topological polar surface area (TPSA) is 356 Å². The highest BCUT2D eigenvalue weighted by Crippen LogP contribution is 2.45. The Labute approximate surface area is 878 Å². The minimum absolute atomic E-state index is 0.0956. The van der Waals surface area contributed by atoms with E-state index in [0.717, 1.165) is 258 Å². The molecule has 764 valence electrons. The maximum absolute atomic E-state index is 11.2. The number of aliphatic carboxylic acids is 3. The molecule has 21 rings (SSSR count). The zero-order valence-corrected chi connectivity index (χ0v) is 88.3. The molecule has 9 fully saturated rings. The average Bonchev–Trinajstić information content (AvgIpc) is 1.61. The number of carboxylic acid groups (broad SMARTS) is 3. The minimum Gasteiger partial charge on any atom is -0.481 e. The molecule has 8 atom stereocenters. The Bertz CT molecular complexity index is 6670. The molecule has 144 heavy (non-hydrogen) atoms. The summed E-state index contributed by atoms with van der Waals surface area (Å²) in [5.41, 5.74) is 11.5. The number of anilines is 4. The molecule has 40 heteroatoms. The number of hydrogen-bond acceptors (Lipinski definition) is 25. The number of aliphatic hydroxyl groups excluding tert-OH is 1. The van der Waals surface area contributed by atoms with Crippen LogP contribution in [0.3, 0.4) is 0 Å². The molecule has 0 radical (unpaired) electrons. The lowest BCUT2D eigenvalue weighted by Crippen LogP contribution is -2.56. The van der Waals surface area contributed by atoms with Crippen LogP contribution in [0.5, 0.6) is 0 Å². The van der Waals surface area contributed by atoms with Gasteiger partial charge in [-0.3, -0.25) is 14.4 Å². The quantitative estimate of drug-likeness (QED) is 0.0338. The van der Waals surface area contributed by atoms with Gasteiger partial charge in [0.1, 0.15) is 40.1 Å². The average molecular weight is 2120 g/mol. The lowest BCUT2D eigenvalue weighted by molar-refractivity contribution is -0.147. The van der Waals surface area contributed by atoms with Crippen molar-refractivity contribution in [3.05, 3.63) is 183 Å². The molecule has 0 amide bonds. The number of aryl methyl sites for hydroxylation is 3. The summed E-state index contributed by atoms with van der Waals surface area (Å²) in [5, 5.41) is 70.3. The van der Waals surface area contributed by atoms with Crippen molar-refractivity contribution in [3.8, 4) is 6.07 Å². The molecule has 9 aliphatic rings. The van der Waals surface area contributed by atoms with Crippen LogP contribution in [0.4, 0.5) is 23.4 Å². The van der Waals surface area contributed by atoms with Crippen molar-refractivity contribution >= 4 is 179 Å². The van der Waals surface area contributed by atoms with Crippen molar-refractivity contribution < 1.29 is 34.8 Å². The Morgan fingerprint density at radius 2 is 0.750 bits per heavy atom. The summed E-state index contributed by atoms with van der Waals surface area (Å²) < 4.78 is 7.48. The van der Waals surface area contributed by atoms with E-state index in [1.807, 2.05) is 103 Å². The van der Waals surface area contributed by atoms with Crippen LogP contribution in [0.2, 0.25) is 40.2 Å². The molecule has 8 aliphatic heterocycles. The van der Waals surface area contributed by atoms with Crippen LogP contribution in [0, 0.1) is 85.4 Å². The molecule has 4 N–H and O–H groups in total. The number of aliphatic hydroxyl groups is 1. The standard InChI is InChI=1S/C27H32Cl2N6O2.C26H29Cl2N7O2.C26H32Cl2N6O2.C25H32Cl2N6O/c1-15-25-26(35(32-15)16(2)22-6-5-20(28)10-23(22)29)31-24(11-30-25)34-13-19(14-34)17-4-3-7-33(12-17)21-8-18(9-21)27(36)37;1-16(20-7-6-19(27)10-21(20)28)35-26-25(22(11-29)32-35)30-12-23(31-26)34-14-18(15-34)17-4-2-8-33(13-17)9-3-5-24(36)37;1-16-22-12-29-26(30-25(22)34(31-16)17(2)21-8-7-20(27)11-23(21)28)33-14-19(15-33)18-5-3-9-32(13-18)10-4-6-24(35)36;1-16-24-25(33(30-16)17(2)21-7-6-20(26)11-22(21)27)29-23(12-28-24)32-14-19(15-32)18-5-3-8-31(13-18)9-4-10-34/h5-6,10-11,16-19,21H,3-4,7-9,12-14H2,1-2H3,(H,36,37);6-7,10,12,16-18H,2-5,8-9,13-15H2,1H3,(H,36,37);7-8,11-12,17-19H,3-6,9-10,13-15H2,1-2H3,(H,35,36);6-7,11-12,17-19,34H,3-5,8-10,13-15H2,1-2H3. The number of rotatable bonds is 29. The number of hydrogen-bond donors (Lipinski definition) is 4. The van der Waals surface area contributed by atoms with Gasteiger partial charge in [0.25, 0.3) is 0 Å². The van der Waals surface area contributed by atoms with Gasteiger partial charge in [-0.15, -0.1) is 0 Å². The molecule has 8 saturated heterocycles. The second-order valence-electron chi connectivity index (χ2n) is 40.9. The van der Waals surface area contributed by atoms with Gasteiger partial charge in [0.2, 0.25) is 5.95 Å². The number of nitriles is 1. The van der Waals surface area contributed by atoms with Crippen LogP contribution in [-0.2, 0) is 14.4 Å². The van der Waals surface area contributed by atoms with Gasteiger partial charge in [-0.05, 0) is 289 Å². The van der Waals surface area contributed by atoms with Gasteiger partial charge in [0.15, 0.2) is 28.3 Å². The third kappa shape index (κ3) is 23.4. The van der Waals surface area contributed by atoms with Crippen LogP contribution < -0.4 is 19.6 Å². The summed E-state index contributed by atoms with van der Waals surface area (Å²) in [4.78, 5) is 90.4. The maximum Gasteiger partial charge on any atom is 0.306 e. The lowest BCUT2D eigenvalue weighted by Gasteiger charge is -2.50. The number of nitrogens with zero attached hydrogens (tertiary/aromatic N) is 25. The first-order chi connectivity index (χ1) is 69.3. The fourth-order valence-electron chi connectivity index (χ4n) is 22.7. The van der Waals surface area contributed by atoms with Crippen molar-refractivity contribution in [2.45, 2.75) is 175 Å². The molecule has 8 unspecified atom stereocenters. The maximum atomic E-state index is 11.2. The van der Waals surface area contributed by atoms with E-state index in [1.54, 1.807) is 41.2 Å².